The van der Waals surface area contributed by atoms with E-state index < -0.39 is 15.9 Å². The molecule has 2 N–H and O–H groups in total. The summed E-state index contributed by atoms with van der Waals surface area (Å²) in [5.74, 6) is 0.450. The van der Waals surface area contributed by atoms with Gasteiger partial charge in [0.25, 0.3) is 0 Å². The quantitative estimate of drug-likeness (QED) is 0.913. The van der Waals surface area contributed by atoms with Gasteiger partial charge in [-0.2, -0.15) is 0 Å². The summed E-state index contributed by atoms with van der Waals surface area (Å²) in [6.45, 7) is 1.82. The van der Waals surface area contributed by atoms with Crippen LogP contribution in [0.15, 0.2) is 53.6 Å². The highest BCUT2D eigenvalue weighted by atomic mass is 32.2. The fourth-order valence-corrected chi connectivity index (χ4v) is 2.56. The largest absolute Gasteiger partial charge is 0.482 e. The number of benzene rings is 1. The molecule has 2 atom stereocenters. The maximum Gasteiger partial charge on any atom is 0.175 e. The van der Waals surface area contributed by atoms with E-state index in [-0.39, 0.29) is 10.9 Å². The van der Waals surface area contributed by atoms with Gasteiger partial charge in [-0.15, -0.1) is 0 Å². The van der Waals surface area contributed by atoms with Gasteiger partial charge in [0.05, 0.1) is 10.6 Å². The minimum atomic E-state index is -3.27. The number of sulfone groups is 1. The van der Waals surface area contributed by atoms with Crippen LogP contribution in [0.3, 0.4) is 0 Å². The molecule has 0 spiro atoms. The average Bonchev–Trinajstić information content (AvgIpc) is 2.45. The zero-order valence-corrected chi connectivity index (χ0v) is 12.7. The van der Waals surface area contributed by atoms with E-state index in [2.05, 4.69) is 4.98 Å². The Bertz CT molecular complexity index is 700. The van der Waals surface area contributed by atoms with Crippen molar-refractivity contribution in [2.75, 3.05) is 6.26 Å². The highest BCUT2D eigenvalue weighted by molar-refractivity contribution is 7.90. The van der Waals surface area contributed by atoms with Gasteiger partial charge in [-0.1, -0.05) is 12.1 Å². The molecule has 0 saturated heterocycles. The van der Waals surface area contributed by atoms with Crippen molar-refractivity contribution in [3.63, 3.8) is 0 Å². The zero-order valence-electron chi connectivity index (χ0n) is 11.9. The van der Waals surface area contributed by atoms with Gasteiger partial charge in [-0.05, 0) is 37.3 Å². The molecule has 0 amide bonds. The number of aromatic nitrogens is 1. The monoisotopic (exact) mass is 306 g/mol. The zero-order chi connectivity index (χ0) is 15.5. The summed E-state index contributed by atoms with van der Waals surface area (Å²) in [5, 5.41) is 0. The van der Waals surface area contributed by atoms with Crippen LogP contribution in [-0.2, 0) is 9.84 Å². The molecule has 21 heavy (non-hydrogen) atoms. The molecule has 0 radical (unpaired) electrons. The van der Waals surface area contributed by atoms with E-state index in [1.807, 2.05) is 25.1 Å². The molecule has 0 bridgehead atoms. The third-order valence-corrected chi connectivity index (χ3v) is 4.06. The molecule has 2 aromatic rings. The summed E-state index contributed by atoms with van der Waals surface area (Å²) in [6.07, 6.45) is 2.38. The van der Waals surface area contributed by atoms with Gasteiger partial charge >= 0.3 is 0 Å². The van der Waals surface area contributed by atoms with Crippen LogP contribution in [0.5, 0.6) is 5.75 Å². The predicted octanol–water partition coefficient (Wildman–Crippen LogP) is 1.95. The van der Waals surface area contributed by atoms with Crippen LogP contribution in [-0.4, -0.2) is 25.7 Å². The summed E-state index contributed by atoms with van der Waals surface area (Å²) in [5.41, 5.74) is 6.66. The molecule has 1 heterocycles. The second-order valence-electron chi connectivity index (χ2n) is 4.90. The second kappa shape index (κ2) is 6.24. The summed E-state index contributed by atoms with van der Waals surface area (Å²) in [6, 6.07) is 11.6. The van der Waals surface area contributed by atoms with Crippen molar-refractivity contribution in [1.29, 1.82) is 0 Å². The Balaban J connectivity index is 2.30. The van der Waals surface area contributed by atoms with Crippen LogP contribution >= 0.6 is 0 Å². The Kier molecular flexibility index (Phi) is 4.59. The standard InChI is InChI=1S/C15H18N2O3S/c1-11(16)15(14-8-3-4-9-17-14)20-12-6-5-7-13(10-12)21(2,18)19/h3-11,15H,16H2,1-2H3. The van der Waals surface area contributed by atoms with E-state index in [0.717, 1.165) is 6.26 Å². The molecule has 6 heteroatoms. The predicted molar refractivity (Wildman–Crippen MR) is 80.8 cm³/mol. The Labute approximate surface area is 124 Å². The van der Waals surface area contributed by atoms with Crippen LogP contribution in [0.1, 0.15) is 18.7 Å². The number of hydrogen-bond acceptors (Lipinski definition) is 5. The van der Waals surface area contributed by atoms with Gasteiger partial charge in [0.1, 0.15) is 5.75 Å². The normalized spacial score (nSPS) is 14.4. The van der Waals surface area contributed by atoms with Gasteiger partial charge in [0, 0.05) is 18.5 Å². The number of ether oxygens (including phenoxy) is 1. The van der Waals surface area contributed by atoms with Crippen LogP contribution < -0.4 is 10.5 Å². The van der Waals surface area contributed by atoms with Crippen LogP contribution in [0.4, 0.5) is 0 Å². The summed E-state index contributed by atoms with van der Waals surface area (Å²) < 4.78 is 29.0. The molecule has 112 valence electrons. The lowest BCUT2D eigenvalue weighted by molar-refractivity contribution is 0.175. The number of pyridine rings is 1. The number of nitrogens with two attached hydrogens (primary N) is 1. The molecule has 1 aromatic carbocycles. The first-order chi connectivity index (χ1) is 9.88. The first kappa shape index (κ1) is 15.5. The Morgan fingerprint density at radius 1 is 1.19 bits per heavy atom. The molecule has 0 saturated carbocycles. The van der Waals surface area contributed by atoms with E-state index >= 15 is 0 Å². The third kappa shape index (κ3) is 4.03. The molecule has 2 rings (SSSR count). The molecule has 0 aliphatic heterocycles. The summed E-state index contributed by atoms with van der Waals surface area (Å²) in [4.78, 5) is 4.46. The number of nitrogens with zero attached hydrogens (tertiary/aromatic N) is 1. The minimum absolute atomic E-state index is 0.212. The fourth-order valence-electron chi connectivity index (χ4n) is 1.91. The first-order valence-corrected chi connectivity index (χ1v) is 8.40. The van der Waals surface area contributed by atoms with E-state index in [4.69, 9.17) is 10.5 Å². The van der Waals surface area contributed by atoms with E-state index in [1.165, 1.54) is 12.1 Å². The lowest BCUT2D eigenvalue weighted by atomic mass is 10.1. The van der Waals surface area contributed by atoms with Gasteiger partial charge in [0.2, 0.25) is 0 Å². The maximum atomic E-state index is 11.6. The second-order valence-corrected chi connectivity index (χ2v) is 6.91. The molecule has 0 aliphatic carbocycles. The summed E-state index contributed by atoms with van der Waals surface area (Å²) >= 11 is 0. The van der Waals surface area contributed by atoms with Crippen molar-refractivity contribution in [3.8, 4) is 5.75 Å². The van der Waals surface area contributed by atoms with Crippen molar-refractivity contribution in [2.45, 2.75) is 24.0 Å². The molecule has 5 nitrogen and oxygen atoms in total. The topological polar surface area (TPSA) is 82.3 Å². The van der Waals surface area contributed by atoms with Crippen molar-refractivity contribution in [2.24, 2.45) is 5.73 Å². The van der Waals surface area contributed by atoms with Crippen molar-refractivity contribution >= 4 is 9.84 Å². The highest BCUT2D eigenvalue weighted by Crippen LogP contribution is 2.25. The minimum Gasteiger partial charge on any atom is -0.482 e. The number of hydrogen-bond donors (Lipinski definition) is 1. The van der Waals surface area contributed by atoms with Gasteiger partial charge < -0.3 is 10.5 Å². The van der Waals surface area contributed by atoms with Gasteiger partial charge in [-0.3, -0.25) is 4.98 Å². The molecule has 0 fully saturated rings. The van der Waals surface area contributed by atoms with Crippen LogP contribution in [0.25, 0.3) is 0 Å². The Morgan fingerprint density at radius 3 is 2.52 bits per heavy atom. The van der Waals surface area contributed by atoms with Gasteiger partial charge in [-0.25, -0.2) is 8.42 Å². The molecular formula is C15H18N2O3S. The first-order valence-electron chi connectivity index (χ1n) is 6.51. The summed E-state index contributed by atoms with van der Waals surface area (Å²) in [7, 11) is -3.27. The van der Waals surface area contributed by atoms with Crippen LogP contribution in [0, 0.1) is 0 Å². The molecule has 1 aromatic heterocycles. The maximum absolute atomic E-state index is 11.6. The average molecular weight is 306 g/mol. The Morgan fingerprint density at radius 2 is 1.95 bits per heavy atom. The molecular weight excluding hydrogens is 288 g/mol. The van der Waals surface area contributed by atoms with Crippen molar-refractivity contribution < 1.29 is 13.2 Å². The van der Waals surface area contributed by atoms with Gasteiger partial charge in [0.15, 0.2) is 15.9 Å². The highest BCUT2D eigenvalue weighted by Gasteiger charge is 2.20. The lowest BCUT2D eigenvalue weighted by Crippen LogP contribution is -2.29. The van der Waals surface area contributed by atoms with Crippen LogP contribution in [0.2, 0.25) is 0 Å². The van der Waals surface area contributed by atoms with E-state index in [1.54, 1.807) is 18.3 Å². The molecule has 2 unspecified atom stereocenters. The van der Waals surface area contributed by atoms with E-state index in [0.29, 0.717) is 11.4 Å². The smallest absolute Gasteiger partial charge is 0.175 e. The van der Waals surface area contributed by atoms with Crippen molar-refractivity contribution in [1.82, 2.24) is 4.98 Å². The fraction of sp³-hybridized carbons (Fsp3) is 0.267. The Hall–Kier alpha value is -1.92. The number of rotatable bonds is 5. The van der Waals surface area contributed by atoms with E-state index in [9.17, 15) is 8.42 Å². The lowest BCUT2D eigenvalue weighted by Gasteiger charge is -2.22. The molecule has 0 aliphatic rings. The van der Waals surface area contributed by atoms with Crippen molar-refractivity contribution in [3.05, 3.63) is 54.4 Å². The SMILES string of the molecule is CC(N)C(Oc1cccc(S(C)(=O)=O)c1)c1ccccn1. The third-order valence-electron chi connectivity index (χ3n) is 2.95.